The third-order valence-electron chi connectivity index (χ3n) is 3.43. The predicted molar refractivity (Wildman–Crippen MR) is 101 cm³/mol. The van der Waals surface area contributed by atoms with Gasteiger partial charge in [0.25, 0.3) is 5.91 Å². The third-order valence-corrected chi connectivity index (χ3v) is 4.41. The number of esters is 1. The lowest BCUT2D eigenvalue weighted by molar-refractivity contribution is -0.150. The quantitative estimate of drug-likeness (QED) is 0.563. The Kier molecular flexibility index (Phi) is 7.35. The molecule has 0 heterocycles. The second-order valence-corrected chi connectivity index (χ2v) is 6.34. The Labute approximate surface area is 156 Å². The lowest BCUT2D eigenvalue weighted by Gasteiger charge is -2.14. The third kappa shape index (κ3) is 5.70. The number of hydrogen-bond donors (Lipinski definition) is 1. The van der Waals surface area contributed by atoms with E-state index in [1.165, 1.54) is 32.9 Å². The molecule has 0 aromatic heterocycles. The van der Waals surface area contributed by atoms with Crippen molar-refractivity contribution in [3.05, 3.63) is 48.5 Å². The Morgan fingerprint density at radius 2 is 1.73 bits per heavy atom. The van der Waals surface area contributed by atoms with Crippen molar-refractivity contribution in [2.75, 3.05) is 25.3 Å². The van der Waals surface area contributed by atoms with Gasteiger partial charge in [-0.3, -0.25) is 9.59 Å². The van der Waals surface area contributed by atoms with Crippen LogP contribution in [-0.2, 0) is 14.3 Å². The van der Waals surface area contributed by atoms with Crippen molar-refractivity contribution in [3.63, 3.8) is 0 Å². The summed E-state index contributed by atoms with van der Waals surface area (Å²) in [6.07, 6.45) is -0.910. The highest BCUT2D eigenvalue weighted by Crippen LogP contribution is 2.29. The molecule has 0 fully saturated rings. The van der Waals surface area contributed by atoms with Gasteiger partial charge in [-0.05, 0) is 31.2 Å². The Hall–Kier alpha value is -2.67. The first-order chi connectivity index (χ1) is 12.5. The zero-order valence-corrected chi connectivity index (χ0v) is 15.7. The zero-order chi connectivity index (χ0) is 18.9. The molecule has 1 N–H and O–H groups in total. The number of nitrogens with one attached hydrogen (secondary N) is 1. The van der Waals surface area contributed by atoms with Crippen molar-refractivity contribution in [3.8, 4) is 11.5 Å². The van der Waals surface area contributed by atoms with Crippen LogP contribution in [-0.4, -0.2) is 38.0 Å². The second kappa shape index (κ2) is 9.72. The van der Waals surface area contributed by atoms with Crippen LogP contribution >= 0.6 is 11.8 Å². The largest absolute Gasteiger partial charge is 0.493 e. The van der Waals surface area contributed by atoms with Gasteiger partial charge in [0, 0.05) is 16.6 Å². The number of ether oxygens (including phenoxy) is 3. The van der Waals surface area contributed by atoms with E-state index in [0.717, 1.165) is 4.90 Å². The fourth-order valence-corrected chi connectivity index (χ4v) is 2.80. The Morgan fingerprint density at radius 3 is 2.38 bits per heavy atom. The van der Waals surface area contributed by atoms with E-state index in [-0.39, 0.29) is 5.75 Å². The summed E-state index contributed by atoms with van der Waals surface area (Å²) in [5, 5.41) is 2.69. The summed E-state index contributed by atoms with van der Waals surface area (Å²) >= 11 is 1.36. The van der Waals surface area contributed by atoms with Crippen molar-refractivity contribution in [2.24, 2.45) is 0 Å². The molecule has 138 valence electrons. The van der Waals surface area contributed by atoms with Crippen LogP contribution in [0, 0.1) is 0 Å². The van der Waals surface area contributed by atoms with Crippen molar-refractivity contribution >= 4 is 29.3 Å². The number of hydrogen-bond acceptors (Lipinski definition) is 6. The minimum atomic E-state index is -0.910. The average Bonchev–Trinajstić information content (AvgIpc) is 2.67. The van der Waals surface area contributed by atoms with Gasteiger partial charge in [0.15, 0.2) is 17.6 Å². The summed E-state index contributed by atoms with van der Waals surface area (Å²) in [5.74, 6) is 0.319. The van der Waals surface area contributed by atoms with Crippen LogP contribution in [0.4, 0.5) is 5.69 Å². The van der Waals surface area contributed by atoms with Crippen molar-refractivity contribution in [1.29, 1.82) is 0 Å². The highest BCUT2D eigenvalue weighted by molar-refractivity contribution is 8.00. The molecule has 26 heavy (non-hydrogen) atoms. The molecule has 0 spiro atoms. The number of benzene rings is 2. The molecular weight excluding hydrogens is 354 g/mol. The number of carbonyl (C=O) groups excluding carboxylic acids is 2. The van der Waals surface area contributed by atoms with Crippen LogP contribution in [0.1, 0.15) is 6.92 Å². The Bertz CT molecular complexity index is 751. The summed E-state index contributed by atoms with van der Waals surface area (Å²) in [5.41, 5.74) is 0.522. The maximum Gasteiger partial charge on any atom is 0.317 e. The molecular formula is C19H21NO5S. The molecule has 6 nitrogen and oxygen atoms in total. The van der Waals surface area contributed by atoms with Crippen LogP contribution in [0.2, 0.25) is 0 Å². The lowest BCUT2D eigenvalue weighted by atomic mass is 10.2. The molecule has 0 bridgehead atoms. The molecule has 7 heteroatoms. The SMILES string of the molecule is COc1ccc(NC(=O)[C@@H](C)OC(=O)CSc2ccccc2)cc1OC. The fourth-order valence-electron chi connectivity index (χ4n) is 2.10. The number of carbonyl (C=O) groups is 2. The molecule has 0 unspecified atom stereocenters. The molecule has 2 aromatic carbocycles. The first-order valence-electron chi connectivity index (χ1n) is 7.93. The monoisotopic (exact) mass is 375 g/mol. The summed E-state index contributed by atoms with van der Waals surface area (Å²) in [6.45, 7) is 1.53. The minimum Gasteiger partial charge on any atom is -0.493 e. The van der Waals surface area contributed by atoms with Crippen molar-refractivity contribution in [2.45, 2.75) is 17.9 Å². The van der Waals surface area contributed by atoms with Gasteiger partial charge >= 0.3 is 5.97 Å². The summed E-state index contributed by atoms with van der Waals surface area (Å²) in [4.78, 5) is 25.1. The van der Waals surface area contributed by atoms with E-state index in [0.29, 0.717) is 17.2 Å². The topological polar surface area (TPSA) is 73.9 Å². The Morgan fingerprint density at radius 1 is 1.04 bits per heavy atom. The smallest absolute Gasteiger partial charge is 0.317 e. The molecule has 2 aromatic rings. The van der Waals surface area contributed by atoms with Crippen LogP contribution in [0.25, 0.3) is 0 Å². The van der Waals surface area contributed by atoms with Gasteiger partial charge in [0.2, 0.25) is 0 Å². The van der Waals surface area contributed by atoms with Gasteiger partial charge in [-0.15, -0.1) is 11.8 Å². The average molecular weight is 375 g/mol. The van der Waals surface area contributed by atoms with Gasteiger partial charge in [0.1, 0.15) is 0 Å². The maximum absolute atomic E-state index is 12.2. The van der Waals surface area contributed by atoms with Gasteiger partial charge in [-0.25, -0.2) is 0 Å². The standard InChI is InChI=1S/C19H21NO5S/c1-13(25-18(21)12-26-15-7-5-4-6-8-15)19(22)20-14-9-10-16(23-2)17(11-14)24-3/h4-11,13H,12H2,1-3H3,(H,20,22)/t13-/m1/s1. The van der Waals surface area contributed by atoms with Crippen LogP contribution in [0.5, 0.6) is 11.5 Å². The predicted octanol–water partition coefficient (Wildman–Crippen LogP) is 3.37. The summed E-state index contributed by atoms with van der Waals surface area (Å²) in [7, 11) is 3.04. The molecule has 0 radical (unpaired) electrons. The number of thioether (sulfide) groups is 1. The fraction of sp³-hybridized carbons (Fsp3) is 0.263. The zero-order valence-electron chi connectivity index (χ0n) is 14.9. The first kappa shape index (κ1) is 19.7. The molecule has 0 saturated heterocycles. The van der Waals surface area contributed by atoms with E-state index in [2.05, 4.69) is 5.32 Å². The molecule has 0 saturated carbocycles. The minimum absolute atomic E-state index is 0.137. The van der Waals surface area contributed by atoms with Gasteiger partial charge in [-0.1, -0.05) is 18.2 Å². The number of anilines is 1. The highest BCUT2D eigenvalue weighted by atomic mass is 32.2. The first-order valence-corrected chi connectivity index (χ1v) is 8.92. The summed E-state index contributed by atoms with van der Waals surface area (Å²) < 4.78 is 15.5. The Balaban J connectivity index is 1.86. The molecule has 0 aliphatic carbocycles. The number of rotatable bonds is 8. The van der Waals surface area contributed by atoms with E-state index in [9.17, 15) is 9.59 Å². The van der Waals surface area contributed by atoms with E-state index in [1.54, 1.807) is 18.2 Å². The van der Waals surface area contributed by atoms with Gasteiger partial charge < -0.3 is 19.5 Å². The van der Waals surface area contributed by atoms with Crippen LogP contribution < -0.4 is 14.8 Å². The highest BCUT2D eigenvalue weighted by Gasteiger charge is 2.18. The lowest BCUT2D eigenvalue weighted by Crippen LogP contribution is -2.30. The van der Waals surface area contributed by atoms with E-state index < -0.39 is 18.0 Å². The molecule has 0 aliphatic rings. The maximum atomic E-state index is 12.2. The van der Waals surface area contributed by atoms with Gasteiger partial charge in [-0.2, -0.15) is 0 Å². The molecule has 1 atom stereocenters. The molecule has 1 amide bonds. The van der Waals surface area contributed by atoms with E-state index >= 15 is 0 Å². The van der Waals surface area contributed by atoms with E-state index in [1.807, 2.05) is 30.3 Å². The summed E-state index contributed by atoms with van der Waals surface area (Å²) in [6, 6.07) is 14.5. The number of methoxy groups -OCH3 is 2. The normalized spacial score (nSPS) is 11.3. The van der Waals surface area contributed by atoms with Gasteiger partial charge in [0.05, 0.1) is 20.0 Å². The molecule has 2 rings (SSSR count). The van der Waals surface area contributed by atoms with Crippen molar-refractivity contribution in [1.82, 2.24) is 0 Å². The van der Waals surface area contributed by atoms with E-state index in [4.69, 9.17) is 14.2 Å². The van der Waals surface area contributed by atoms with Crippen molar-refractivity contribution < 1.29 is 23.8 Å². The molecule has 0 aliphatic heterocycles. The van der Waals surface area contributed by atoms with Crippen LogP contribution in [0.15, 0.2) is 53.4 Å². The second-order valence-electron chi connectivity index (χ2n) is 5.29. The number of amides is 1. The van der Waals surface area contributed by atoms with Crippen LogP contribution in [0.3, 0.4) is 0 Å².